The average molecular weight is 453 g/mol. The molecule has 1 aliphatic rings. The molecule has 3 N–H and O–H groups in total. The molecule has 0 saturated carbocycles. The maximum atomic E-state index is 12.7. The number of ether oxygens (including phenoxy) is 1. The zero-order valence-corrected chi connectivity index (χ0v) is 18.5. The summed E-state index contributed by atoms with van der Waals surface area (Å²) in [6.07, 6.45) is 5.64. The van der Waals surface area contributed by atoms with E-state index in [9.17, 15) is 9.59 Å². The lowest BCUT2D eigenvalue weighted by Crippen LogP contribution is -2.41. The summed E-state index contributed by atoms with van der Waals surface area (Å²) in [5, 5.41) is 5.01. The van der Waals surface area contributed by atoms with Gasteiger partial charge in [-0.3, -0.25) is 9.59 Å². The predicted molar refractivity (Wildman–Crippen MR) is 125 cm³/mol. The van der Waals surface area contributed by atoms with Crippen molar-refractivity contribution in [3.63, 3.8) is 0 Å². The molecule has 0 unspecified atom stereocenters. The van der Waals surface area contributed by atoms with E-state index in [0.717, 1.165) is 59.7 Å². The summed E-state index contributed by atoms with van der Waals surface area (Å²) >= 11 is 1.35. The van der Waals surface area contributed by atoms with Crippen LogP contribution in [-0.2, 0) is 11.2 Å². The Balaban J connectivity index is 1.15. The lowest BCUT2D eigenvalue weighted by Gasteiger charge is -2.30. The molecule has 1 fully saturated rings. The second-order valence-corrected chi connectivity index (χ2v) is 8.89. The van der Waals surface area contributed by atoms with Crippen LogP contribution in [0.1, 0.15) is 18.4 Å². The standard InChI is InChI=1S/C22H24N6O3S/c1-31-15-2-3-17-16(10-15)14(11-24-17)4-7-23-20(29)13-5-8-28(9-6-13)22-27-19-18(32-22)21(30)26-12-25-19/h2-3,10-13,24H,4-9H2,1H3,(H,23,29)(H,25,26,30). The molecule has 1 amide bonds. The highest BCUT2D eigenvalue weighted by molar-refractivity contribution is 7.22. The minimum absolute atomic E-state index is 0.00906. The maximum absolute atomic E-state index is 12.7. The van der Waals surface area contributed by atoms with Crippen molar-refractivity contribution in [2.75, 3.05) is 31.6 Å². The third-order valence-corrected chi connectivity index (χ3v) is 7.10. The second-order valence-electron chi connectivity index (χ2n) is 7.91. The van der Waals surface area contributed by atoms with Gasteiger partial charge in [-0.1, -0.05) is 11.3 Å². The molecule has 10 heteroatoms. The van der Waals surface area contributed by atoms with Crippen LogP contribution in [0.2, 0.25) is 0 Å². The summed E-state index contributed by atoms with van der Waals surface area (Å²) in [7, 11) is 1.66. The van der Waals surface area contributed by atoms with Gasteiger partial charge in [0.25, 0.3) is 5.56 Å². The number of aromatic nitrogens is 4. The zero-order chi connectivity index (χ0) is 22.1. The molecule has 5 rings (SSSR count). The molecule has 0 atom stereocenters. The van der Waals surface area contributed by atoms with E-state index in [0.29, 0.717) is 16.9 Å². The van der Waals surface area contributed by atoms with Crippen LogP contribution in [0.4, 0.5) is 5.13 Å². The summed E-state index contributed by atoms with van der Waals surface area (Å²) < 4.78 is 5.86. The number of rotatable bonds is 6. The Morgan fingerprint density at radius 2 is 2.16 bits per heavy atom. The monoisotopic (exact) mass is 452 g/mol. The SMILES string of the molecule is COc1ccc2[nH]cc(CCNC(=O)C3CCN(c4nc5nc[nH]c(=O)c5s4)CC3)c2c1. The van der Waals surface area contributed by atoms with Crippen molar-refractivity contribution in [2.45, 2.75) is 19.3 Å². The van der Waals surface area contributed by atoms with Crippen LogP contribution in [0, 0.1) is 5.92 Å². The summed E-state index contributed by atoms with van der Waals surface area (Å²) in [6.45, 7) is 2.06. The smallest absolute Gasteiger partial charge is 0.270 e. The summed E-state index contributed by atoms with van der Waals surface area (Å²) in [4.78, 5) is 41.2. The third kappa shape index (κ3) is 3.93. The zero-order valence-electron chi connectivity index (χ0n) is 17.7. The Bertz CT molecular complexity index is 1320. The highest BCUT2D eigenvalue weighted by Gasteiger charge is 2.26. The number of carbonyl (C=O) groups excluding carboxylic acids is 1. The molecule has 1 saturated heterocycles. The minimum Gasteiger partial charge on any atom is -0.497 e. The van der Waals surface area contributed by atoms with Crippen LogP contribution in [0.15, 0.2) is 35.5 Å². The first kappa shape index (κ1) is 20.5. The van der Waals surface area contributed by atoms with E-state index in [-0.39, 0.29) is 17.4 Å². The maximum Gasteiger partial charge on any atom is 0.270 e. The van der Waals surface area contributed by atoms with E-state index in [4.69, 9.17) is 4.74 Å². The molecule has 0 aliphatic carbocycles. The number of anilines is 1. The number of H-pyrrole nitrogens is 2. The van der Waals surface area contributed by atoms with Gasteiger partial charge in [-0.15, -0.1) is 0 Å². The summed E-state index contributed by atoms with van der Waals surface area (Å²) in [5.74, 6) is 0.914. The number of amides is 1. The molecular formula is C22H24N6O3S. The van der Waals surface area contributed by atoms with Crippen LogP contribution in [0.5, 0.6) is 5.75 Å². The van der Waals surface area contributed by atoms with Crippen LogP contribution in [0.25, 0.3) is 21.3 Å². The predicted octanol–water partition coefficient (Wildman–Crippen LogP) is 2.44. The van der Waals surface area contributed by atoms with Crippen molar-refractivity contribution in [1.82, 2.24) is 25.3 Å². The lowest BCUT2D eigenvalue weighted by atomic mass is 9.96. The van der Waals surface area contributed by atoms with Crippen LogP contribution in [0.3, 0.4) is 0 Å². The molecule has 3 aromatic heterocycles. The van der Waals surface area contributed by atoms with Gasteiger partial charge in [-0.25, -0.2) is 4.98 Å². The van der Waals surface area contributed by atoms with Gasteiger partial charge in [0.2, 0.25) is 5.91 Å². The van der Waals surface area contributed by atoms with Gasteiger partial charge in [0.05, 0.1) is 13.4 Å². The molecule has 0 spiro atoms. The van der Waals surface area contributed by atoms with Crippen LogP contribution >= 0.6 is 11.3 Å². The number of hydrogen-bond acceptors (Lipinski definition) is 7. The number of methoxy groups -OCH3 is 1. The number of piperidine rings is 1. The topological polar surface area (TPSA) is 116 Å². The van der Waals surface area contributed by atoms with E-state index in [2.05, 4.69) is 30.2 Å². The van der Waals surface area contributed by atoms with Crippen molar-refractivity contribution in [3.05, 3.63) is 46.6 Å². The Hall–Kier alpha value is -3.40. The number of fused-ring (bicyclic) bond motifs is 2. The fourth-order valence-corrected chi connectivity index (χ4v) is 5.15. The molecule has 166 valence electrons. The van der Waals surface area contributed by atoms with Gasteiger partial charge < -0.3 is 24.9 Å². The first-order valence-electron chi connectivity index (χ1n) is 10.6. The van der Waals surface area contributed by atoms with E-state index in [1.54, 1.807) is 7.11 Å². The van der Waals surface area contributed by atoms with Gasteiger partial charge >= 0.3 is 0 Å². The molecule has 0 bridgehead atoms. The fourth-order valence-electron chi connectivity index (χ4n) is 4.18. The highest BCUT2D eigenvalue weighted by Crippen LogP contribution is 2.29. The highest BCUT2D eigenvalue weighted by atomic mass is 32.1. The van der Waals surface area contributed by atoms with E-state index in [1.165, 1.54) is 17.7 Å². The number of aromatic amines is 2. The van der Waals surface area contributed by atoms with E-state index in [1.807, 2.05) is 24.4 Å². The average Bonchev–Trinajstić information content (AvgIpc) is 3.44. The molecular weight excluding hydrogens is 428 g/mol. The van der Waals surface area contributed by atoms with Crippen molar-refractivity contribution < 1.29 is 9.53 Å². The summed E-state index contributed by atoms with van der Waals surface area (Å²) in [5.41, 5.74) is 2.53. The Kier molecular flexibility index (Phi) is 5.52. The summed E-state index contributed by atoms with van der Waals surface area (Å²) in [6, 6.07) is 5.95. The van der Waals surface area contributed by atoms with Gasteiger partial charge in [0.15, 0.2) is 10.8 Å². The second kappa shape index (κ2) is 8.62. The Morgan fingerprint density at radius 1 is 1.31 bits per heavy atom. The lowest BCUT2D eigenvalue weighted by molar-refractivity contribution is -0.125. The van der Waals surface area contributed by atoms with Gasteiger partial charge in [0.1, 0.15) is 10.4 Å². The molecule has 9 nitrogen and oxygen atoms in total. The molecule has 0 radical (unpaired) electrons. The van der Waals surface area contributed by atoms with Crippen molar-refractivity contribution in [3.8, 4) is 5.75 Å². The normalized spacial score (nSPS) is 14.8. The first-order valence-corrected chi connectivity index (χ1v) is 11.4. The molecule has 1 aliphatic heterocycles. The van der Waals surface area contributed by atoms with E-state index < -0.39 is 0 Å². The van der Waals surface area contributed by atoms with Gasteiger partial charge in [0, 0.05) is 42.7 Å². The van der Waals surface area contributed by atoms with E-state index >= 15 is 0 Å². The Morgan fingerprint density at radius 3 is 2.94 bits per heavy atom. The molecule has 1 aromatic carbocycles. The number of thiazole rings is 1. The van der Waals surface area contributed by atoms with Crippen LogP contribution in [-0.4, -0.2) is 52.6 Å². The molecule has 4 aromatic rings. The Labute approximate surface area is 187 Å². The molecule has 4 heterocycles. The van der Waals surface area contributed by atoms with Gasteiger partial charge in [-0.2, -0.15) is 4.98 Å². The van der Waals surface area contributed by atoms with Crippen molar-refractivity contribution in [1.29, 1.82) is 0 Å². The largest absolute Gasteiger partial charge is 0.497 e. The van der Waals surface area contributed by atoms with Gasteiger partial charge in [-0.05, 0) is 43.0 Å². The fraction of sp³-hybridized carbons (Fsp3) is 0.364. The number of hydrogen-bond donors (Lipinski definition) is 3. The number of nitrogens with zero attached hydrogens (tertiary/aromatic N) is 3. The number of carbonyl (C=O) groups is 1. The van der Waals surface area contributed by atoms with Crippen molar-refractivity contribution >= 4 is 43.6 Å². The third-order valence-electron chi connectivity index (χ3n) is 5.99. The minimum atomic E-state index is -0.165. The number of nitrogens with one attached hydrogen (secondary N) is 3. The molecule has 32 heavy (non-hydrogen) atoms. The van der Waals surface area contributed by atoms with Crippen LogP contribution < -0.4 is 20.5 Å². The quantitative estimate of drug-likeness (QED) is 0.414. The van der Waals surface area contributed by atoms with Crippen molar-refractivity contribution in [2.24, 2.45) is 5.92 Å². The number of benzene rings is 1. The first-order chi connectivity index (χ1) is 15.6.